The van der Waals surface area contributed by atoms with Gasteiger partial charge in [0.25, 0.3) is 0 Å². The van der Waals surface area contributed by atoms with Gasteiger partial charge in [0.15, 0.2) is 0 Å². The highest BCUT2D eigenvalue weighted by atomic mass is 16.6. The summed E-state index contributed by atoms with van der Waals surface area (Å²) in [4.78, 5) is 14.5. The van der Waals surface area contributed by atoms with E-state index in [9.17, 15) is 4.79 Å². The third-order valence-electron chi connectivity index (χ3n) is 4.57. The van der Waals surface area contributed by atoms with Crippen LogP contribution in [0, 0.1) is 0 Å². The Morgan fingerprint density at radius 2 is 2.00 bits per heavy atom. The van der Waals surface area contributed by atoms with Crippen LogP contribution >= 0.6 is 0 Å². The van der Waals surface area contributed by atoms with Crippen molar-refractivity contribution in [3.8, 4) is 0 Å². The van der Waals surface area contributed by atoms with Crippen molar-refractivity contribution in [1.29, 1.82) is 0 Å². The summed E-state index contributed by atoms with van der Waals surface area (Å²) in [5.74, 6) is 0.483. The molecule has 3 rings (SSSR count). The van der Waals surface area contributed by atoms with Crippen molar-refractivity contribution in [3.05, 3.63) is 35.4 Å². The number of nitrogens with zero attached hydrogens (tertiary/aromatic N) is 1. The Balaban J connectivity index is 1.82. The molecule has 0 radical (unpaired) electrons. The maximum absolute atomic E-state index is 12.5. The summed E-state index contributed by atoms with van der Waals surface area (Å²) in [6.45, 7) is 6.63. The van der Waals surface area contributed by atoms with E-state index in [-0.39, 0.29) is 6.09 Å². The lowest BCUT2D eigenvalue weighted by Crippen LogP contribution is -2.50. The fourth-order valence-electron chi connectivity index (χ4n) is 3.75. The molecule has 1 amide bonds. The van der Waals surface area contributed by atoms with Gasteiger partial charge in [-0.25, -0.2) is 4.79 Å². The van der Waals surface area contributed by atoms with E-state index < -0.39 is 5.60 Å². The fourth-order valence-corrected chi connectivity index (χ4v) is 3.75. The van der Waals surface area contributed by atoms with Gasteiger partial charge in [0.05, 0.1) is 0 Å². The number of benzene rings is 1. The van der Waals surface area contributed by atoms with E-state index in [1.54, 1.807) is 0 Å². The molecule has 21 heavy (non-hydrogen) atoms. The number of carbonyl (C=O) groups excluding carboxylic acids is 1. The molecular weight excluding hydrogens is 262 g/mol. The SMILES string of the molecule is CC(C)(C)OC(=O)N1CCCC2c3ccccc3CCC21. The lowest BCUT2D eigenvalue weighted by atomic mass is 9.74. The third kappa shape index (κ3) is 2.92. The molecule has 0 aromatic heterocycles. The number of carbonyl (C=O) groups is 1. The Labute approximate surface area is 127 Å². The highest BCUT2D eigenvalue weighted by molar-refractivity contribution is 5.69. The molecule has 0 bridgehead atoms. The summed E-state index contributed by atoms with van der Waals surface area (Å²) >= 11 is 0. The number of hydrogen-bond acceptors (Lipinski definition) is 2. The summed E-state index contributed by atoms with van der Waals surface area (Å²) in [5.41, 5.74) is 2.49. The molecule has 1 fully saturated rings. The summed E-state index contributed by atoms with van der Waals surface area (Å²) in [7, 11) is 0. The molecule has 114 valence electrons. The number of rotatable bonds is 0. The minimum Gasteiger partial charge on any atom is -0.444 e. The van der Waals surface area contributed by atoms with Crippen molar-refractivity contribution in [1.82, 2.24) is 4.90 Å². The first-order valence-corrected chi connectivity index (χ1v) is 8.03. The zero-order valence-electron chi connectivity index (χ0n) is 13.3. The zero-order chi connectivity index (χ0) is 15.0. The first kappa shape index (κ1) is 14.4. The van der Waals surface area contributed by atoms with E-state index in [0.29, 0.717) is 12.0 Å². The molecule has 1 saturated heterocycles. The third-order valence-corrected chi connectivity index (χ3v) is 4.57. The number of aryl methyl sites for hydroxylation is 1. The van der Waals surface area contributed by atoms with Crippen LogP contribution in [0.25, 0.3) is 0 Å². The van der Waals surface area contributed by atoms with Crippen LogP contribution < -0.4 is 0 Å². The summed E-state index contributed by atoms with van der Waals surface area (Å²) in [6.07, 6.45) is 4.23. The Kier molecular flexibility index (Phi) is 3.68. The standard InChI is InChI=1S/C18H25NO2/c1-18(2,3)21-17(20)19-12-6-9-15-14-8-5-4-7-13(14)10-11-16(15)19/h4-5,7-8,15-16H,6,9-12H2,1-3H3. The van der Waals surface area contributed by atoms with Crippen LogP contribution in [0.3, 0.4) is 0 Å². The van der Waals surface area contributed by atoms with Crippen molar-refractivity contribution in [2.24, 2.45) is 0 Å². The molecule has 1 aromatic carbocycles. The number of amides is 1. The van der Waals surface area contributed by atoms with Gasteiger partial charge in [-0.05, 0) is 57.6 Å². The van der Waals surface area contributed by atoms with Gasteiger partial charge in [0.2, 0.25) is 0 Å². The average Bonchev–Trinajstić information content (AvgIpc) is 2.44. The minimum atomic E-state index is -0.420. The maximum Gasteiger partial charge on any atom is 0.410 e. The minimum absolute atomic E-state index is 0.142. The van der Waals surface area contributed by atoms with Gasteiger partial charge in [-0.1, -0.05) is 24.3 Å². The predicted molar refractivity (Wildman–Crippen MR) is 83.5 cm³/mol. The molecule has 1 aliphatic heterocycles. The summed E-state index contributed by atoms with van der Waals surface area (Å²) < 4.78 is 5.60. The number of piperidine rings is 1. The highest BCUT2D eigenvalue weighted by Gasteiger charge is 2.39. The van der Waals surface area contributed by atoms with Crippen LogP contribution in [0.5, 0.6) is 0 Å². The van der Waals surface area contributed by atoms with Crippen LogP contribution in [0.1, 0.15) is 57.1 Å². The zero-order valence-corrected chi connectivity index (χ0v) is 13.3. The highest BCUT2D eigenvalue weighted by Crippen LogP contribution is 2.40. The van der Waals surface area contributed by atoms with Gasteiger partial charge in [0, 0.05) is 18.5 Å². The molecule has 2 atom stereocenters. The summed E-state index contributed by atoms with van der Waals surface area (Å²) in [5, 5.41) is 0. The molecular formula is C18H25NO2. The van der Waals surface area contributed by atoms with E-state index in [2.05, 4.69) is 24.3 Å². The number of hydrogen-bond donors (Lipinski definition) is 0. The molecule has 0 saturated carbocycles. The molecule has 0 spiro atoms. The van der Waals surface area contributed by atoms with Crippen LogP contribution in [0.4, 0.5) is 4.79 Å². The Morgan fingerprint density at radius 3 is 2.76 bits per heavy atom. The van der Waals surface area contributed by atoms with Gasteiger partial charge in [-0.3, -0.25) is 0 Å². The van der Waals surface area contributed by atoms with E-state index in [1.165, 1.54) is 17.5 Å². The first-order valence-electron chi connectivity index (χ1n) is 8.03. The fraction of sp³-hybridized carbons (Fsp3) is 0.611. The average molecular weight is 287 g/mol. The molecule has 1 aliphatic carbocycles. The van der Waals surface area contributed by atoms with Crippen molar-refractivity contribution in [2.75, 3.05) is 6.54 Å². The number of ether oxygens (including phenoxy) is 1. The van der Waals surface area contributed by atoms with Crippen LogP contribution in [-0.2, 0) is 11.2 Å². The molecule has 1 aromatic rings. The second kappa shape index (κ2) is 5.36. The Morgan fingerprint density at radius 1 is 1.24 bits per heavy atom. The molecule has 3 heteroatoms. The molecule has 1 heterocycles. The number of fused-ring (bicyclic) bond motifs is 3. The van der Waals surface area contributed by atoms with Crippen LogP contribution in [0.15, 0.2) is 24.3 Å². The van der Waals surface area contributed by atoms with Crippen molar-refractivity contribution >= 4 is 6.09 Å². The van der Waals surface area contributed by atoms with Crippen molar-refractivity contribution in [2.45, 2.75) is 64.0 Å². The second-order valence-electron chi connectivity index (χ2n) is 7.23. The Bertz CT molecular complexity index is 532. The second-order valence-corrected chi connectivity index (χ2v) is 7.23. The lowest BCUT2D eigenvalue weighted by Gasteiger charge is -2.44. The van der Waals surface area contributed by atoms with Crippen molar-refractivity contribution < 1.29 is 9.53 Å². The van der Waals surface area contributed by atoms with Gasteiger partial charge < -0.3 is 9.64 Å². The number of likely N-dealkylation sites (tertiary alicyclic amines) is 1. The first-order chi connectivity index (χ1) is 9.96. The largest absolute Gasteiger partial charge is 0.444 e. The quantitative estimate of drug-likeness (QED) is 0.718. The normalized spacial score (nSPS) is 25.0. The van der Waals surface area contributed by atoms with E-state index in [4.69, 9.17) is 4.74 Å². The van der Waals surface area contributed by atoms with Crippen LogP contribution in [0.2, 0.25) is 0 Å². The molecule has 3 nitrogen and oxygen atoms in total. The van der Waals surface area contributed by atoms with Gasteiger partial charge in [-0.2, -0.15) is 0 Å². The van der Waals surface area contributed by atoms with Crippen molar-refractivity contribution in [3.63, 3.8) is 0 Å². The monoisotopic (exact) mass is 287 g/mol. The van der Waals surface area contributed by atoms with E-state index in [1.807, 2.05) is 25.7 Å². The molecule has 2 aliphatic rings. The van der Waals surface area contributed by atoms with E-state index in [0.717, 1.165) is 25.8 Å². The van der Waals surface area contributed by atoms with Gasteiger partial charge >= 0.3 is 6.09 Å². The molecule has 2 unspecified atom stereocenters. The predicted octanol–water partition coefficient (Wildman–Crippen LogP) is 4.12. The summed E-state index contributed by atoms with van der Waals surface area (Å²) in [6, 6.07) is 9.02. The Hall–Kier alpha value is -1.51. The van der Waals surface area contributed by atoms with Crippen LogP contribution in [-0.4, -0.2) is 29.2 Å². The molecule has 0 N–H and O–H groups in total. The maximum atomic E-state index is 12.5. The lowest BCUT2D eigenvalue weighted by molar-refractivity contribution is 0.00424. The van der Waals surface area contributed by atoms with Gasteiger partial charge in [-0.15, -0.1) is 0 Å². The van der Waals surface area contributed by atoms with Gasteiger partial charge in [0.1, 0.15) is 5.60 Å². The smallest absolute Gasteiger partial charge is 0.410 e. The topological polar surface area (TPSA) is 29.5 Å². The van der Waals surface area contributed by atoms with E-state index >= 15 is 0 Å².